The Balaban J connectivity index is 1.52. The molecule has 0 aliphatic heterocycles. The highest BCUT2D eigenvalue weighted by Crippen LogP contribution is 2.34. The van der Waals surface area contributed by atoms with Crippen LogP contribution in [0.15, 0.2) is 53.1 Å². The van der Waals surface area contributed by atoms with Gasteiger partial charge in [0.25, 0.3) is 5.71 Å². The number of nitriles is 1. The number of ether oxygens (including phenoxy) is 2. The molecule has 31 heavy (non-hydrogen) atoms. The highest BCUT2D eigenvalue weighted by molar-refractivity contribution is 6.32. The Hall–Kier alpha value is -3.47. The number of aromatic nitrogens is 2. The van der Waals surface area contributed by atoms with Gasteiger partial charge in [0.2, 0.25) is 0 Å². The first-order valence-corrected chi connectivity index (χ1v) is 9.92. The predicted molar refractivity (Wildman–Crippen MR) is 118 cm³/mol. The second kappa shape index (κ2) is 8.72. The summed E-state index contributed by atoms with van der Waals surface area (Å²) in [6, 6.07) is 15.6. The van der Waals surface area contributed by atoms with Crippen molar-refractivity contribution in [3.63, 3.8) is 0 Å². The average Bonchev–Trinajstić information content (AvgIpc) is 3.16. The summed E-state index contributed by atoms with van der Waals surface area (Å²) in [5.41, 5.74) is 1.45. The second-order valence-corrected chi connectivity index (χ2v) is 7.66. The van der Waals surface area contributed by atoms with Crippen LogP contribution in [0, 0.1) is 11.3 Å². The monoisotopic (exact) mass is 454 g/mol. The first-order chi connectivity index (χ1) is 14.9. The molecule has 9 heteroatoms. The van der Waals surface area contributed by atoms with Gasteiger partial charge in [0.15, 0.2) is 0 Å². The molecule has 4 aromatic rings. The van der Waals surface area contributed by atoms with Crippen LogP contribution >= 0.6 is 23.2 Å². The minimum absolute atomic E-state index is 0.173. The van der Waals surface area contributed by atoms with E-state index in [-0.39, 0.29) is 6.61 Å². The van der Waals surface area contributed by atoms with Crippen LogP contribution < -0.4 is 14.4 Å². The Bertz CT molecular complexity index is 1300. The number of halogens is 2. The molecule has 0 radical (unpaired) electrons. The van der Waals surface area contributed by atoms with Crippen molar-refractivity contribution in [1.82, 2.24) is 10.1 Å². The van der Waals surface area contributed by atoms with Gasteiger partial charge in [-0.15, -0.1) is 0 Å². The maximum absolute atomic E-state index is 9.10. The van der Waals surface area contributed by atoms with Gasteiger partial charge in [-0.25, -0.2) is 0 Å². The molecule has 0 spiro atoms. The molecular weight excluding hydrogens is 439 g/mol. The molecule has 0 bridgehead atoms. The van der Waals surface area contributed by atoms with Gasteiger partial charge in [0, 0.05) is 25.2 Å². The third-order valence-electron chi connectivity index (χ3n) is 4.36. The predicted octanol–water partition coefficient (Wildman–Crippen LogP) is 5.84. The zero-order valence-electron chi connectivity index (χ0n) is 16.6. The molecule has 0 saturated carbocycles. The van der Waals surface area contributed by atoms with Crippen LogP contribution in [0.3, 0.4) is 0 Å². The highest BCUT2D eigenvalue weighted by atomic mass is 35.5. The molecule has 2 heterocycles. The van der Waals surface area contributed by atoms with Gasteiger partial charge in [-0.1, -0.05) is 28.4 Å². The minimum Gasteiger partial charge on any atom is -0.487 e. The average molecular weight is 455 g/mol. The van der Waals surface area contributed by atoms with Gasteiger partial charge in [-0.05, 0) is 42.5 Å². The standard InChI is InChI=1S/C22H16Cl2N4O3/c1-28(2)21-6-4-17-19(27-31-22(17)26-21)12-29-15-3-5-18(24)20(10-15)30-16-8-13(11-25)7-14(23)9-16/h3-10H,12H2,1-2H3. The van der Waals surface area contributed by atoms with Crippen molar-refractivity contribution in [2.75, 3.05) is 19.0 Å². The van der Waals surface area contributed by atoms with E-state index in [9.17, 15) is 0 Å². The lowest BCUT2D eigenvalue weighted by atomic mass is 10.2. The number of hydrogen-bond acceptors (Lipinski definition) is 7. The highest BCUT2D eigenvalue weighted by Gasteiger charge is 2.13. The van der Waals surface area contributed by atoms with Gasteiger partial charge >= 0.3 is 0 Å². The maximum Gasteiger partial charge on any atom is 0.260 e. The smallest absolute Gasteiger partial charge is 0.260 e. The number of benzene rings is 2. The molecule has 7 nitrogen and oxygen atoms in total. The molecule has 0 unspecified atom stereocenters. The second-order valence-electron chi connectivity index (χ2n) is 6.82. The number of anilines is 1. The molecule has 0 aliphatic carbocycles. The van der Waals surface area contributed by atoms with Crippen molar-refractivity contribution in [3.05, 3.63) is 69.8 Å². The number of fused-ring (bicyclic) bond motifs is 1. The van der Waals surface area contributed by atoms with Crippen molar-refractivity contribution < 1.29 is 14.0 Å². The van der Waals surface area contributed by atoms with Gasteiger partial charge in [0.05, 0.1) is 22.0 Å². The summed E-state index contributed by atoms with van der Waals surface area (Å²) in [5.74, 6) is 2.06. The van der Waals surface area contributed by atoms with E-state index in [1.165, 1.54) is 0 Å². The summed E-state index contributed by atoms with van der Waals surface area (Å²) in [4.78, 5) is 6.30. The topological polar surface area (TPSA) is 84.4 Å². The summed E-state index contributed by atoms with van der Waals surface area (Å²) in [7, 11) is 3.80. The fourth-order valence-electron chi connectivity index (χ4n) is 2.84. The molecule has 0 N–H and O–H groups in total. The van der Waals surface area contributed by atoms with Crippen LogP contribution in [0.5, 0.6) is 17.2 Å². The Labute approximate surface area is 188 Å². The summed E-state index contributed by atoms with van der Waals surface area (Å²) in [5, 5.41) is 14.7. The van der Waals surface area contributed by atoms with Crippen LogP contribution in [0.4, 0.5) is 5.82 Å². The lowest BCUT2D eigenvalue weighted by Gasteiger charge is -2.11. The summed E-state index contributed by atoms with van der Waals surface area (Å²) in [6.45, 7) is 0.173. The molecule has 4 rings (SSSR count). The molecule has 0 amide bonds. The summed E-state index contributed by atoms with van der Waals surface area (Å²) < 4.78 is 17.0. The third kappa shape index (κ3) is 4.66. The zero-order chi connectivity index (χ0) is 22.0. The van der Waals surface area contributed by atoms with E-state index >= 15 is 0 Å². The summed E-state index contributed by atoms with van der Waals surface area (Å²) in [6.07, 6.45) is 0. The molecule has 2 aromatic carbocycles. The first kappa shape index (κ1) is 20.8. The number of nitrogens with zero attached hydrogens (tertiary/aromatic N) is 4. The summed E-state index contributed by atoms with van der Waals surface area (Å²) >= 11 is 12.3. The van der Waals surface area contributed by atoms with Crippen molar-refractivity contribution in [1.29, 1.82) is 5.26 Å². The lowest BCUT2D eigenvalue weighted by Crippen LogP contribution is -2.10. The van der Waals surface area contributed by atoms with Crippen LogP contribution in [-0.4, -0.2) is 24.2 Å². The van der Waals surface area contributed by atoms with Crippen LogP contribution in [0.2, 0.25) is 10.0 Å². The van der Waals surface area contributed by atoms with E-state index in [2.05, 4.69) is 10.1 Å². The van der Waals surface area contributed by atoms with E-state index in [0.29, 0.717) is 44.3 Å². The Morgan fingerprint density at radius 2 is 1.90 bits per heavy atom. The van der Waals surface area contributed by atoms with E-state index in [1.807, 2.05) is 37.2 Å². The zero-order valence-corrected chi connectivity index (χ0v) is 18.1. The van der Waals surface area contributed by atoms with Gasteiger partial charge in [-0.2, -0.15) is 10.2 Å². The molecule has 0 fully saturated rings. The minimum atomic E-state index is 0.173. The number of rotatable bonds is 6. The largest absolute Gasteiger partial charge is 0.487 e. The van der Waals surface area contributed by atoms with Crippen molar-refractivity contribution in [2.24, 2.45) is 0 Å². The van der Waals surface area contributed by atoms with E-state index in [4.69, 9.17) is 42.5 Å². The molecule has 0 saturated heterocycles. The Morgan fingerprint density at radius 3 is 2.68 bits per heavy atom. The third-order valence-corrected chi connectivity index (χ3v) is 4.89. The maximum atomic E-state index is 9.10. The fraction of sp³-hybridized carbons (Fsp3) is 0.136. The first-order valence-electron chi connectivity index (χ1n) is 9.16. The van der Waals surface area contributed by atoms with Gasteiger partial charge in [-0.3, -0.25) is 0 Å². The quantitative estimate of drug-likeness (QED) is 0.361. The van der Waals surface area contributed by atoms with Crippen molar-refractivity contribution in [2.45, 2.75) is 6.61 Å². The SMILES string of the molecule is CN(C)c1ccc2c(COc3ccc(Cl)c(Oc4cc(Cl)cc(C#N)c4)c3)noc2n1. The van der Waals surface area contributed by atoms with Crippen LogP contribution in [0.25, 0.3) is 11.1 Å². The van der Waals surface area contributed by atoms with Crippen LogP contribution in [-0.2, 0) is 6.61 Å². The molecular formula is C22H16Cl2N4O3. The van der Waals surface area contributed by atoms with Gasteiger partial charge < -0.3 is 18.9 Å². The molecule has 0 aliphatic rings. The Morgan fingerprint density at radius 1 is 1.06 bits per heavy atom. The normalized spacial score (nSPS) is 10.7. The lowest BCUT2D eigenvalue weighted by molar-refractivity contribution is 0.290. The molecule has 2 aromatic heterocycles. The van der Waals surface area contributed by atoms with E-state index in [0.717, 1.165) is 11.2 Å². The van der Waals surface area contributed by atoms with Crippen LogP contribution in [0.1, 0.15) is 11.3 Å². The van der Waals surface area contributed by atoms with E-state index < -0.39 is 0 Å². The van der Waals surface area contributed by atoms with Crippen molar-refractivity contribution in [3.8, 4) is 23.3 Å². The number of pyridine rings is 1. The fourth-order valence-corrected chi connectivity index (χ4v) is 3.22. The van der Waals surface area contributed by atoms with Gasteiger partial charge in [0.1, 0.15) is 35.4 Å². The van der Waals surface area contributed by atoms with Crippen molar-refractivity contribution >= 4 is 40.1 Å². The number of hydrogen-bond donors (Lipinski definition) is 0. The molecule has 156 valence electrons. The molecule has 0 atom stereocenters. The van der Waals surface area contributed by atoms with E-state index in [1.54, 1.807) is 36.4 Å². The Kier molecular flexibility index (Phi) is 5.85.